The van der Waals surface area contributed by atoms with Crippen LogP contribution in [0.3, 0.4) is 0 Å². The molecule has 5 nitrogen and oxygen atoms in total. The highest BCUT2D eigenvalue weighted by Gasteiger charge is 2.29. The number of halogens is 1. The van der Waals surface area contributed by atoms with Crippen LogP contribution < -0.4 is 5.73 Å². The Morgan fingerprint density at radius 1 is 1.37 bits per heavy atom. The van der Waals surface area contributed by atoms with Gasteiger partial charge in [-0.2, -0.15) is 0 Å². The molecule has 2 aromatic heterocycles. The van der Waals surface area contributed by atoms with Crippen molar-refractivity contribution in [2.24, 2.45) is 0 Å². The second-order valence-corrected chi connectivity index (χ2v) is 5.98. The molecule has 0 unspecified atom stereocenters. The Bertz CT molecular complexity index is 615. The second-order valence-electron chi connectivity index (χ2n) is 5.19. The molecule has 1 saturated carbocycles. The maximum Gasteiger partial charge on any atom is 0.180 e. The smallest absolute Gasteiger partial charge is 0.180 e. The van der Waals surface area contributed by atoms with Gasteiger partial charge in [-0.3, -0.25) is 0 Å². The van der Waals surface area contributed by atoms with Crippen molar-refractivity contribution < 1.29 is 0 Å². The highest BCUT2D eigenvalue weighted by atomic mass is 79.9. The van der Waals surface area contributed by atoms with Gasteiger partial charge in [0.2, 0.25) is 0 Å². The second kappa shape index (κ2) is 4.59. The minimum absolute atomic E-state index is 0.315. The Hall–Kier alpha value is -1.43. The lowest BCUT2D eigenvalue weighted by Gasteiger charge is -2.12. The van der Waals surface area contributed by atoms with E-state index in [0.29, 0.717) is 23.6 Å². The Balaban J connectivity index is 2.12. The minimum atomic E-state index is 0.315. The molecule has 2 N–H and O–H groups in total. The van der Waals surface area contributed by atoms with Crippen molar-refractivity contribution >= 4 is 21.7 Å². The van der Waals surface area contributed by atoms with Crippen LogP contribution in [0.15, 0.2) is 17.0 Å². The van der Waals surface area contributed by atoms with E-state index in [1.165, 1.54) is 12.8 Å². The first-order chi connectivity index (χ1) is 9.08. The predicted molar refractivity (Wildman–Crippen MR) is 77.7 cm³/mol. The molecule has 19 heavy (non-hydrogen) atoms. The van der Waals surface area contributed by atoms with Gasteiger partial charge >= 0.3 is 0 Å². The van der Waals surface area contributed by atoms with Crippen LogP contribution in [0, 0.1) is 0 Å². The van der Waals surface area contributed by atoms with Crippen molar-refractivity contribution in [3.05, 3.63) is 22.7 Å². The molecule has 0 atom stereocenters. The van der Waals surface area contributed by atoms with Crippen molar-refractivity contribution in [1.29, 1.82) is 0 Å². The van der Waals surface area contributed by atoms with Crippen LogP contribution in [0.4, 0.5) is 5.82 Å². The van der Waals surface area contributed by atoms with Crippen LogP contribution in [-0.2, 0) is 0 Å². The van der Waals surface area contributed by atoms with Gasteiger partial charge in [0.15, 0.2) is 5.82 Å². The van der Waals surface area contributed by atoms with E-state index in [2.05, 4.69) is 49.3 Å². The van der Waals surface area contributed by atoms with Crippen LogP contribution in [0.2, 0.25) is 0 Å². The van der Waals surface area contributed by atoms with Crippen LogP contribution in [0.25, 0.3) is 11.5 Å². The van der Waals surface area contributed by atoms with Crippen molar-refractivity contribution in [2.45, 2.75) is 38.6 Å². The summed E-state index contributed by atoms with van der Waals surface area (Å²) < 4.78 is 2.90. The Morgan fingerprint density at radius 3 is 2.74 bits per heavy atom. The lowest BCUT2D eigenvalue weighted by atomic mass is 10.2. The normalized spacial score (nSPS) is 15.2. The van der Waals surface area contributed by atoms with Gasteiger partial charge in [-0.05, 0) is 42.6 Å². The molecule has 100 valence electrons. The Labute approximate surface area is 120 Å². The lowest BCUT2D eigenvalue weighted by Crippen LogP contribution is -2.07. The fourth-order valence-corrected chi connectivity index (χ4v) is 2.61. The summed E-state index contributed by atoms with van der Waals surface area (Å²) in [5.74, 6) is 1.69. The Kier molecular flexibility index (Phi) is 3.05. The lowest BCUT2D eigenvalue weighted by molar-refractivity contribution is 0.603. The summed E-state index contributed by atoms with van der Waals surface area (Å²) in [6.45, 7) is 4.21. The molecule has 0 saturated heterocycles. The molecule has 0 radical (unpaired) electrons. The number of rotatable bonds is 3. The number of nitrogens with two attached hydrogens (primary N) is 1. The summed E-state index contributed by atoms with van der Waals surface area (Å²) >= 11 is 3.49. The van der Waals surface area contributed by atoms with Gasteiger partial charge in [0.1, 0.15) is 11.5 Å². The van der Waals surface area contributed by atoms with E-state index in [-0.39, 0.29) is 0 Å². The topological polar surface area (TPSA) is 69.6 Å². The van der Waals surface area contributed by atoms with Crippen molar-refractivity contribution in [3.63, 3.8) is 0 Å². The molecule has 0 aliphatic heterocycles. The molecule has 1 aliphatic rings. The maximum absolute atomic E-state index is 5.99. The summed E-state index contributed by atoms with van der Waals surface area (Å²) in [5, 5.41) is 0. The van der Waals surface area contributed by atoms with Crippen molar-refractivity contribution in [1.82, 2.24) is 19.5 Å². The first-order valence-corrected chi connectivity index (χ1v) is 7.22. The van der Waals surface area contributed by atoms with E-state index in [4.69, 9.17) is 5.73 Å². The van der Waals surface area contributed by atoms with Crippen LogP contribution in [-0.4, -0.2) is 19.5 Å². The average molecular weight is 322 g/mol. The summed E-state index contributed by atoms with van der Waals surface area (Å²) in [6, 6.07) is 0.315. The summed E-state index contributed by atoms with van der Waals surface area (Å²) in [5.41, 5.74) is 7.93. The van der Waals surface area contributed by atoms with E-state index in [1.807, 2.05) is 0 Å². The third-order valence-corrected chi connectivity index (χ3v) is 4.13. The summed E-state index contributed by atoms with van der Waals surface area (Å²) in [7, 11) is 0. The molecule has 0 aromatic carbocycles. The SMILES string of the molecule is CC(C)n1cncc1-c1nc(N)c(Br)c(C2CC2)n1. The first kappa shape index (κ1) is 12.6. The van der Waals surface area contributed by atoms with Gasteiger partial charge in [-0.1, -0.05) is 0 Å². The highest BCUT2D eigenvalue weighted by Crippen LogP contribution is 2.44. The van der Waals surface area contributed by atoms with Gasteiger partial charge in [0.05, 0.1) is 22.7 Å². The fourth-order valence-electron chi connectivity index (χ4n) is 2.11. The molecule has 6 heteroatoms. The van der Waals surface area contributed by atoms with Gasteiger partial charge in [0, 0.05) is 12.0 Å². The van der Waals surface area contributed by atoms with E-state index >= 15 is 0 Å². The molecule has 3 rings (SSSR count). The number of aromatic nitrogens is 4. The Morgan fingerprint density at radius 2 is 2.11 bits per heavy atom. The number of hydrogen-bond donors (Lipinski definition) is 1. The molecule has 2 aromatic rings. The van der Waals surface area contributed by atoms with E-state index in [0.717, 1.165) is 15.9 Å². The van der Waals surface area contributed by atoms with Gasteiger partial charge < -0.3 is 10.3 Å². The number of nitrogen functional groups attached to an aromatic ring is 1. The standard InChI is InChI=1S/C13H16BrN5/c1-7(2)19-6-16-5-9(19)13-17-11(8-3-4-8)10(14)12(15)18-13/h5-8H,3-4H2,1-2H3,(H2,15,17,18). The summed E-state index contributed by atoms with van der Waals surface area (Å²) in [6.07, 6.45) is 5.95. The number of nitrogens with zero attached hydrogens (tertiary/aromatic N) is 4. The van der Waals surface area contributed by atoms with Gasteiger partial charge in [0.25, 0.3) is 0 Å². The molecule has 1 fully saturated rings. The molecular formula is C13H16BrN5. The number of hydrogen-bond acceptors (Lipinski definition) is 4. The van der Waals surface area contributed by atoms with Crippen molar-refractivity contribution in [3.8, 4) is 11.5 Å². The minimum Gasteiger partial charge on any atom is -0.383 e. The zero-order chi connectivity index (χ0) is 13.6. The molecule has 2 heterocycles. The monoisotopic (exact) mass is 321 g/mol. The highest BCUT2D eigenvalue weighted by molar-refractivity contribution is 9.10. The molecular weight excluding hydrogens is 306 g/mol. The number of imidazole rings is 1. The maximum atomic E-state index is 5.99. The third-order valence-electron chi connectivity index (χ3n) is 3.32. The zero-order valence-corrected chi connectivity index (χ0v) is 12.6. The molecule has 0 amide bonds. The predicted octanol–water partition coefficient (Wildman–Crippen LogP) is 3.14. The van der Waals surface area contributed by atoms with E-state index in [1.54, 1.807) is 12.5 Å². The largest absolute Gasteiger partial charge is 0.383 e. The molecule has 0 bridgehead atoms. The van der Waals surface area contributed by atoms with Gasteiger partial charge in [-0.15, -0.1) is 0 Å². The molecule has 0 spiro atoms. The van der Waals surface area contributed by atoms with E-state index in [9.17, 15) is 0 Å². The van der Waals surface area contributed by atoms with Crippen LogP contribution >= 0.6 is 15.9 Å². The quantitative estimate of drug-likeness (QED) is 0.942. The van der Waals surface area contributed by atoms with E-state index < -0.39 is 0 Å². The average Bonchev–Trinajstić information content (AvgIpc) is 3.08. The zero-order valence-electron chi connectivity index (χ0n) is 11.0. The third kappa shape index (κ3) is 2.25. The van der Waals surface area contributed by atoms with Crippen molar-refractivity contribution in [2.75, 3.05) is 5.73 Å². The van der Waals surface area contributed by atoms with Crippen LogP contribution in [0.1, 0.15) is 44.3 Å². The first-order valence-electron chi connectivity index (χ1n) is 6.43. The summed E-state index contributed by atoms with van der Waals surface area (Å²) in [4.78, 5) is 13.3. The van der Waals surface area contributed by atoms with Gasteiger partial charge in [-0.25, -0.2) is 15.0 Å². The number of anilines is 1. The fraction of sp³-hybridized carbons (Fsp3) is 0.462. The van der Waals surface area contributed by atoms with Crippen LogP contribution in [0.5, 0.6) is 0 Å². The molecule has 1 aliphatic carbocycles.